The van der Waals surface area contributed by atoms with E-state index in [1.807, 2.05) is 0 Å². The van der Waals surface area contributed by atoms with Crippen LogP contribution in [0.25, 0.3) is 28.2 Å². The van der Waals surface area contributed by atoms with Crippen molar-refractivity contribution < 1.29 is 19.0 Å². The van der Waals surface area contributed by atoms with Crippen LogP contribution in [-0.2, 0) is 0 Å². The molecule has 4 aromatic rings. The Morgan fingerprint density at radius 3 is 1.89 bits per heavy atom. The first-order valence-electron chi connectivity index (χ1n) is 8.15. The second kappa shape index (κ2) is 6.57. The van der Waals surface area contributed by atoms with E-state index in [1.54, 1.807) is 41.1 Å². The molecule has 1 aromatic heterocycles. The number of rotatable bonds is 3. The summed E-state index contributed by atoms with van der Waals surface area (Å²) in [6.07, 6.45) is 0. The van der Waals surface area contributed by atoms with E-state index in [0.29, 0.717) is 28.2 Å². The van der Waals surface area contributed by atoms with Gasteiger partial charge in [-0.15, -0.1) is 0 Å². The third-order valence-corrected chi connectivity index (χ3v) is 4.19. The van der Waals surface area contributed by atoms with Crippen molar-refractivity contribution in [1.82, 2.24) is 9.78 Å². The number of aromatic nitrogens is 2. The number of benzene rings is 3. The van der Waals surface area contributed by atoms with Crippen molar-refractivity contribution in [1.29, 1.82) is 0 Å². The molecule has 0 unspecified atom stereocenters. The summed E-state index contributed by atoms with van der Waals surface area (Å²) in [4.78, 5) is 0. The van der Waals surface area contributed by atoms with Crippen molar-refractivity contribution in [2.75, 3.05) is 0 Å². The molecule has 2 N–H and O–H groups in total. The highest BCUT2D eigenvalue weighted by Gasteiger charge is 2.15. The quantitative estimate of drug-likeness (QED) is 0.509. The van der Waals surface area contributed by atoms with Gasteiger partial charge in [0.05, 0.1) is 17.1 Å². The Morgan fingerprint density at radius 2 is 1.26 bits per heavy atom. The minimum absolute atomic E-state index is 0.231. The SMILES string of the molecule is Oc1ccc(-c2cc(-c3ccc(F)cc3)nn2-c2ccc(F)cc2)cc1O. The fourth-order valence-electron chi connectivity index (χ4n) is 2.81. The molecule has 0 saturated heterocycles. The lowest BCUT2D eigenvalue weighted by molar-refractivity contribution is 0.404. The fraction of sp³-hybridized carbons (Fsp3) is 0. The van der Waals surface area contributed by atoms with Crippen LogP contribution in [0.1, 0.15) is 0 Å². The molecule has 4 rings (SSSR count). The zero-order valence-corrected chi connectivity index (χ0v) is 14.0. The van der Waals surface area contributed by atoms with Gasteiger partial charge >= 0.3 is 0 Å². The van der Waals surface area contributed by atoms with E-state index in [1.165, 1.54) is 36.4 Å². The molecule has 4 nitrogen and oxygen atoms in total. The minimum Gasteiger partial charge on any atom is -0.504 e. The molecule has 6 heteroatoms. The first kappa shape index (κ1) is 16.8. The van der Waals surface area contributed by atoms with Crippen LogP contribution in [-0.4, -0.2) is 20.0 Å². The van der Waals surface area contributed by atoms with Crippen LogP contribution >= 0.6 is 0 Å². The maximum atomic E-state index is 13.3. The lowest BCUT2D eigenvalue weighted by Gasteiger charge is -2.08. The summed E-state index contributed by atoms with van der Waals surface area (Å²) in [5, 5.41) is 24.0. The molecule has 134 valence electrons. The summed E-state index contributed by atoms with van der Waals surface area (Å²) in [7, 11) is 0. The molecule has 0 aliphatic carbocycles. The number of hydrogen-bond donors (Lipinski definition) is 2. The van der Waals surface area contributed by atoms with E-state index >= 15 is 0 Å². The van der Waals surface area contributed by atoms with Crippen molar-refractivity contribution in [2.45, 2.75) is 0 Å². The molecule has 0 fully saturated rings. The lowest BCUT2D eigenvalue weighted by Crippen LogP contribution is -1.99. The average Bonchev–Trinajstić information content (AvgIpc) is 3.10. The van der Waals surface area contributed by atoms with E-state index < -0.39 is 0 Å². The van der Waals surface area contributed by atoms with Crippen molar-refractivity contribution in [3.8, 4) is 39.7 Å². The summed E-state index contributed by atoms with van der Waals surface area (Å²) in [6, 6.07) is 18.0. The Hall–Kier alpha value is -3.67. The van der Waals surface area contributed by atoms with Crippen LogP contribution in [0.15, 0.2) is 72.8 Å². The highest BCUT2D eigenvalue weighted by molar-refractivity contribution is 5.72. The number of aromatic hydroxyl groups is 2. The molecule has 0 amide bonds. The average molecular weight is 364 g/mol. The van der Waals surface area contributed by atoms with E-state index in [9.17, 15) is 19.0 Å². The molecular weight excluding hydrogens is 350 g/mol. The van der Waals surface area contributed by atoms with Gasteiger partial charge in [0.15, 0.2) is 11.5 Å². The monoisotopic (exact) mass is 364 g/mol. The third-order valence-electron chi connectivity index (χ3n) is 4.19. The number of phenolic OH excluding ortho intramolecular Hbond substituents is 2. The van der Waals surface area contributed by atoms with Gasteiger partial charge in [0.2, 0.25) is 0 Å². The minimum atomic E-state index is -0.367. The molecule has 0 bridgehead atoms. The van der Waals surface area contributed by atoms with Crippen molar-refractivity contribution in [3.63, 3.8) is 0 Å². The highest BCUT2D eigenvalue weighted by Crippen LogP contribution is 2.34. The Labute approximate surface area is 153 Å². The van der Waals surface area contributed by atoms with Gasteiger partial charge in [0.25, 0.3) is 0 Å². The smallest absolute Gasteiger partial charge is 0.158 e. The maximum absolute atomic E-state index is 13.3. The Balaban J connectivity index is 1.90. The Morgan fingerprint density at radius 1 is 0.667 bits per heavy atom. The molecule has 0 aliphatic heterocycles. The fourth-order valence-corrected chi connectivity index (χ4v) is 2.81. The van der Waals surface area contributed by atoms with Crippen LogP contribution in [0.5, 0.6) is 11.5 Å². The van der Waals surface area contributed by atoms with Gasteiger partial charge < -0.3 is 10.2 Å². The topological polar surface area (TPSA) is 58.3 Å². The molecular formula is C21H14F2N2O2. The normalized spacial score (nSPS) is 10.9. The standard InChI is InChI=1S/C21H14F2N2O2/c22-15-4-1-13(2-5-15)18-12-19(14-3-10-20(26)21(27)11-14)25(24-18)17-8-6-16(23)7-9-17/h1-12,26-27H. The predicted molar refractivity (Wildman–Crippen MR) is 97.7 cm³/mol. The van der Waals surface area contributed by atoms with Gasteiger partial charge in [-0.3, -0.25) is 0 Å². The molecule has 27 heavy (non-hydrogen) atoms. The van der Waals surface area contributed by atoms with Gasteiger partial charge in [0.1, 0.15) is 11.6 Å². The van der Waals surface area contributed by atoms with E-state index in [0.717, 1.165) is 0 Å². The highest BCUT2D eigenvalue weighted by atomic mass is 19.1. The number of phenols is 2. The van der Waals surface area contributed by atoms with Crippen LogP contribution < -0.4 is 0 Å². The number of halogens is 2. The van der Waals surface area contributed by atoms with Crippen LogP contribution in [0, 0.1) is 11.6 Å². The molecule has 0 atom stereocenters. The molecule has 0 spiro atoms. The van der Waals surface area contributed by atoms with E-state index in [4.69, 9.17) is 0 Å². The Kier molecular flexibility index (Phi) is 4.08. The van der Waals surface area contributed by atoms with E-state index in [-0.39, 0.29) is 23.1 Å². The summed E-state index contributed by atoms with van der Waals surface area (Å²) in [5.41, 5.74) is 3.14. The van der Waals surface area contributed by atoms with Gasteiger partial charge in [-0.2, -0.15) is 5.10 Å². The lowest BCUT2D eigenvalue weighted by atomic mass is 10.1. The molecule has 1 heterocycles. The second-order valence-electron chi connectivity index (χ2n) is 6.01. The third kappa shape index (κ3) is 3.25. The van der Waals surface area contributed by atoms with Gasteiger partial charge in [0, 0.05) is 11.1 Å². The van der Waals surface area contributed by atoms with Crippen LogP contribution in [0.3, 0.4) is 0 Å². The first-order chi connectivity index (χ1) is 13.0. The van der Waals surface area contributed by atoms with Crippen LogP contribution in [0.2, 0.25) is 0 Å². The number of nitrogens with zero attached hydrogens (tertiary/aromatic N) is 2. The zero-order valence-electron chi connectivity index (χ0n) is 14.0. The van der Waals surface area contributed by atoms with Gasteiger partial charge in [-0.1, -0.05) is 0 Å². The Bertz CT molecular complexity index is 1100. The predicted octanol–water partition coefficient (Wildman–Crippen LogP) is 4.90. The van der Waals surface area contributed by atoms with Crippen LogP contribution in [0.4, 0.5) is 8.78 Å². The molecule has 0 radical (unpaired) electrons. The van der Waals surface area contributed by atoms with E-state index in [2.05, 4.69) is 5.10 Å². The summed E-state index contributed by atoms with van der Waals surface area (Å²) in [6.45, 7) is 0. The van der Waals surface area contributed by atoms with Crippen molar-refractivity contribution >= 4 is 0 Å². The van der Waals surface area contributed by atoms with Crippen molar-refractivity contribution in [3.05, 3.63) is 84.4 Å². The van der Waals surface area contributed by atoms with Gasteiger partial charge in [-0.25, -0.2) is 13.5 Å². The second-order valence-corrected chi connectivity index (χ2v) is 6.01. The van der Waals surface area contributed by atoms with Gasteiger partial charge in [-0.05, 0) is 72.8 Å². The molecule has 0 saturated carbocycles. The molecule has 0 aliphatic rings. The first-order valence-corrected chi connectivity index (χ1v) is 8.15. The summed E-state index contributed by atoms with van der Waals surface area (Å²) in [5.74, 6) is -1.21. The summed E-state index contributed by atoms with van der Waals surface area (Å²) < 4.78 is 28.1. The molecule has 3 aromatic carbocycles. The maximum Gasteiger partial charge on any atom is 0.158 e. The van der Waals surface area contributed by atoms with Crippen molar-refractivity contribution in [2.24, 2.45) is 0 Å². The zero-order chi connectivity index (χ0) is 19.0. The summed E-state index contributed by atoms with van der Waals surface area (Å²) >= 11 is 0. The number of hydrogen-bond acceptors (Lipinski definition) is 3. The largest absolute Gasteiger partial charge is 0.504 e.